The fourth-order valence-electron chi connectivity index (χ4n) is 1.96. The molecule has 0 aliphatic rings. The van der Waals surface area contributed by atoms with Crippen LogP contribution in [0.5, 0.6) is 0 Å². The second kappa shape index (κ2) is 5.13. The minimum atomic E-state index is 0.0855. The first-order valence-corrected chi connectivity index (χ1v) is 6.59. The number of nitrogens with zero attached hydrogens (tertiary/aromatic N) is 3. The summed E-state index contributed by atoms with van der Waals surface area (Å²) in [6.07, 6.45) is 1.81. The number of nitrogens with one attached hydrogen (secondary N) is 1. The van der Waals surface area contributed by atoms with Crippen molar-refractivity contribution in [3.8, 4) is 5.82 Å². The Morgan fingerprint density at radius 3 is 2.58 bits per heavy atom. The number of aromatic nitrogens is 3. The minimum Gasteiger partial charge on any atom is -0.308 e. The van der Waals surface area contributed by atoms with E-state index in [0.29, 0.717) is 0 Å². The zero-order chi connectivity index (χ0) is 14.0. The molecule has 102 valence electrons. The number of rotatable bonds is 3. The van der Waals surface area contributed by atoms with Crippen LogP contribution < -0.4 is 5.32 Å². The maximum atomic E-state index is 4.51. The van der Waals surface area contributed by atoms with Gasteiger partial charge in [0.25, 0.3) is 0 Å². The van der Waals surface area contributed by atoms with E-state index in [4.69, 9.17) is 0 Å². The molecule has 2 rings (SSSR count). The van der Waals surface area contributed by atoms with E-state index in [1.807, 2.05) is 23.9 Å². The van der Waals surface area contributed by atoms with Crippen LogP contribution in [0.15, 0.2) is 24.4 Å². The molecule has 0 saturated carbocycles. The fourth-order valence-corrected chi connectivity index (χ4v) is 1.96. The fraction of sp³-hybridized carbons (Fsp3) is 0.467. The van der Waals surface area contributed by atoms with Gasteiger partial charge in [0.15, 0.2) is 5.82 Å². The van der Waals surface area contributed by atoms with Gasteiger partial charge in [-0.25, -0.2) is 9.67 Å². The highest BCUT2D eigenvalue weighted by atomic mass is 15.3. The molecule has 0 fully saturated rings. The van der Waals surface area contributed by atoms with Crippen molar-refractivity contribution in [3.63, 3.8) is 0 Å². The van der Waals surface area contributed by atoms with E-state index in [-0.39, 0.29) is 5.54 Å². The van der Waals surface area contributed by atoms with Gasteiger partial charge >= 0.3 is 0 Å². The van der Waals surface area contributed by atoms with Gasteiger partial charge in [-0.2, -0.15) is 5.10 Å². The molecule has 4 heteroatoms. The van der Waals surface area contributed by atoms with Crippen molar-refractivity contribution in [3.05, 3.63) is 41.3 Å². The first-order valence-electron chi connectivity index (χ1n) is 6.59. The zero-order valence-corrected chi connectivity index (χ0v) is 12.4. The molecule has 0 radical (unpaired) electrons. The lowest BCUT2D eigenvalue weighted by atomic mass is 10.1. The van der Waals surface area contributed by atoms with Gasteiger partial charge < -0.3 is 5.32 Å². The third-order valence-corrected chi connectivity index (χ3v) is 2.89. The van der Waals surface area contributed by atoms with Crippen molar-refractivity contribution < 1.29 is 0 Å². The molecule has 0 atom stereocenters. The van der Waals surface area contributed by atoms with E-state index >= 15 is 0 Å². The zero-order valence-electron chi connectivity index (χ0n) is 12.4. The van der Waals surface area contributed by atoms with Crippen LogP contribution in [0.2, 0.25) is 0 Å². The Morgan fingerprint density at radius 1 is 1.26 bits per heavy atom. The van der Waals surface area contributed by atoms with Crippen molar-refractivity contribution in [2.45, 2.75) is 46.7 Å². The van der Waals surface area contributed by atoms with E-state index in [0.717, 1.165) is 29.3 Å². The van der Waals surface area contributed by atoms with Gasteiger partial charge in [0, 0.05) is 29.5 Å². The smallest absolute Gasteiger partial charge is 0.158 e. The average molecular weight is 258 g/mol. The van der Waals surface area contributed by atoms with E-state index in [1.54, 1.807) is 0 Å². The molecular weight excluding hydrogens is 236 g/mol. The SMILES string of the molecule is Cc1cc(C)n(-c2ncccc2CNC(C)(C)C)n1. The van der Waals surface area contributed by atoms with Gasteiger partial charge in [-0.1, -0.05) is 6.07 Å². The van der Waals surface area contributed by atoms with Crippen molar-refractivity contribution in [1.82, 2.24) is 20.1 Å². The largest absolute Gasteiger partial charge is 0.308 e. The molecule has 0 bridgehead atoms. The molecule has 0 spiro atoms. The van der Waals surface area contributed by atoms with Crippen LogP contribution in [0, 0.1) is 13.8 Å². The van der Waals surface area contributed by atoms with Crippen LogP contribution in [-0.4, -0.2) is 20.3 Å². The lowest BCUT2D eigenvalue weighted by molar-refractivity contribution is 0.423. The first kappa shape index (κ1) is 13.7. The van der Waals surface area contributed by atoms with Gasteiger partial charge in [0.2, 0.25) is 0 Å². The Bertz CT molecular complexity index is 564. The summed E-state index contributed by atoms with van der Waals surface area (Å²) in [5.41, 5.74) is 3.36. The summed E-state index contributed by atoms with van der Waals surface area (Å²) in [7, 11) is 0. The summed E-state index contributed by atoms with van der Waals surface area (Å²) in [5, 5.41) is 8.01. The second-order valence-electron chi connectivity index (χ2n) is 5.93. The van der Waals surface area contributed by atoms with Gasteiger partial charge in [-0.15, -0.1) is 0 Å². The van der Waals surface area contributed by atoms with Crippen LogP contribution >= 0.6 is 0 Å². The highest BCUT2D eigenvalue weighted by Crippen LogP contribution is 2.15. The van der Waals surface area contributed by atoms with Gasteiger partial charge in [0.1, 0.15) is 0 Å². The number of pyridine rings is 1. The van der Waals surface area contributed by atoms with E-state index < -0.39 is 0 Å². The standard InChI is InChI=1S/C15H22N4/c1-11-9-12(2)19(18-11)14-13(7-6-8-16-14)10-17-15(3,4)5/h6-9,17H,10H2,1-5H3. The van der Waals surface area contributed by atoms with Crippen molar-refractivity contribution in [1.29, 1.82) is 0 Å². The lowest BCUT2D eigenvalue weighted by Crippen LogP contribution is -2.35. The Morgan fingerprint density at radius 2 is 2.00 bits per heavy atom. The van der Waals surface area contributed by atoms with Crippen LogP contribution in [0.4, 0.5) is 0 Å². The molecular formula is C15H22N4. The van der Waals surface area contributed by atoms with E-state index in [2.05, 4.69) is 55.2 Å². The summed E-state index contributed by atoms with van der Waals surface area (Å²) in [6, 6.07) is 6.13. The number of aryl methyl sites for hydroxylation is 2. The second-order valence-corrected chi connectivity index (χ2v) is 5.93. The van der Waals surface area contributed by atoms with Crippen LogP contribution in [-0.2, 0) is 6.54 Å². The Balaban J connectivity index is 2.34. The molecule has 4 nitrogen and oxygen atoms in total. The minimum absolute atomic E-state index is 0.0855. The molecule has 2 aromatic heterocycles. The summed E-state index contributed by atoms with van der Waals surface area (Å²) >= 11 is 0. The molecule has 2 heterocycles. The molecule has 0 aliphatic heterocycles. The highest BCUT2D eigenvalue weighted by molar-refractivity contribution is 5.35. The van der Waals surface area contributed by atoms with Crippen LogP contribution in [0.1, 0.15) is 37.7 Å². The number of hydrogen-bond acceptors (Lipinski definition) is 3. The molecule has 0 aliphatic carbocycles. The quantitative estimate of drug-likeness (QED) is 0.920. The molecule has 0 unspecified atom stereocenters. The van der Waals surface area contributed by atoms with E-state index in [9.17, 15) is 0 Å². The monoisotopic (exact) mass is 258 g/mol. The summed E-state index contributed by atoms with van der Waals surface area (Å²) < 4.78 is 1.91. The average Bonchev–Trinajstić information content (AvgIpc) is 2.65. The Labute approximate surface area is 114 Å². The summed E-state index contributed by atoms with van der Waals surface area (Å²) in [4.78, 5) is 4.48. The summed E-state index contributed by atoms with van der Waals surface area (Å²) in [5.74, 6) is 0.907. The third kappa shape index (κ3) is 3.41. The molecule has 19 heavy (non-hydrogen) atoms. The Hall–Kier alpha value is -1.68. The van der Waals surface area contributed by atoms with Gasteiger partial charge in [-0.3, -0.25) is 0 Å². The van der Waals surface area contributed by atoms with Gasteiger partial charge in [-0.05, 0) is 46.8 Å². The third-order valence-electron chi connectivity index (χ3n) is 2.89. The number of hydrogen-bond donors (Lipinski definition) is 1. The van der Waals surface area contributed by atoms with Crippen LogP contribution in [0.3, 0.4) is 0 Å². The normalized spacial score (nSPS) is 11.8. The predicted octanol–water partition coefficient (Wildman–Crippen LogP) is 2.77. The van der Waals surface area contributed by atoms with E-state index in [1.165, 1.54) is 0 Å². The Kier molecular flexibility index (Phi) is 3.71. The predicted molar refractivity (Wildman–Crippen MR) is 77.4 cm³/mol. The molecule has 0 aromatic carbocycles. The van der Waals surface area contributed by atoms with Crippen molar-refractivity contribution in [2.75, 3.05) is 0 Å². The molecule has 0 amide bonds. The topological polar surface area (TPSA) is 42.7 Å². The lowest BCUT2D eigenvalue weighted by Gasteiger charge is -2.21. The van der Waals surface area contributed by atoms with Crippen molar-refractivity contribution >= 4 is 0 Å². The molecule has 2 aromatic rings. The molecule has 1 N–H and O–H groups in total. The highest BCUT2D eigenvalue weighted by Gasteiger charge is 2.13. The first-order chi connectivity index (χ1) is 8.87. The maximum absolute atomic E-state index is 4.51. The van der Waals surface area contributed by atoms with Gasteiger partial charge in [0.05, 0.1) is 5.69 Å². The molecule has 0 saturated heterocycles. The van der Waals surface area contributed by atoms with Crippen molar-refractivity contribution in [2.24, 2.45) is 0 Å². The maximum Gasteiger partial charge on any atom is 0.158 e. The van der Waals surface area contributed by atoms with Crippen LogP contribution in [0.25, 0.3) is 5.82 Å². The summed E-state index contributed by atoms with van der Waals surface area (Å²) in [6.45, 7) is 11.3.